The van der Waals surface area contributed by atoms with Crippen LogP contribution in [0, 0.1) is 0 Å². The SMILES string of the molecule is O=C(NCCn1nccn1)NC(c1ccccc1)c1ccccc1. The van der Waals surface area contributed by atoms with Gasteiger partial charge in [0.25, 0.3) is 0 Å². The molecule has 2 N–H and O–H groups in total. The van der Waals surface area contributed by atoms with E-state index in [1.807, 2.05) is 60.7 Å². The topological polar surface area (TPSA) is 71.8 Å². The summed E-state index contributed by atoms with van der Waals surface area (Å²) < 4.78 is 0. The average molecular weight is 321 g/mol. The lowest BCUT2D eigenvalue weighted by Crippen LogP contribution is -2.39. The maximum absolute atomic E-state index is 12.3. The molecule has 0 bridgehead atoms. The highest BCUT2D eigenvalue weighted by Gasteiger charge is 2.16. The van der Waals surface area contributed by atoms with Gasteiger partial charge in [0.05, 0.1) is 25.0 Å². The van der Waals surface area contributed by atoms with Gasteiger partial charge in [0.1, 0.15) is 0 Å². The number of carbonyl (C=O) groups is 1. The van der Waals surface area contributed by atoms with Crippen LogP contribution in [0.1, 0.15) is 17.2 Å². The highest BCUT2D eigenvalue weighted by Crippen LogP contribution is 2.21. The van der Waals surface area contributed by atoms with Gasteiger partial charge in [-0.15, -0.1) is 0 Å². The van der Waals surface area contributed by atoms with Gasteiger partial charge >= 0.3 is 6.03 Å². The normalized spacial score (nSPS) is 10.5. The molecule has 0 unspecified atom stereocenters. The van der Waals surface area contributed by atoms with E-state index in [1.165, 1.54) is 4.80 Å². The standard InChI is InChI=1S/C18H19N5O/c24-18(19-13-14-23-20-11-12-21-23)22-17(15-7-3-1-4-8-15)16-9-5-2-6-10-16/h1-12,17H,13-14H2,(H2,19,22,24). The quantitative estimate of drug-likeness (QED) is 0.732. The molecule has 0 aliphatic heterocycles. The van der Waals surface area contributed by atoms with Crippen LogP contribution in [0.4, 0.5) is 4.79 Å². The van der Waals surface area contributed by atoms with Crippen molar-refractivity contribution in [1.82, 2.24) is 25.6 Å². The highest BCUT2D eigenvalue weighted by atomic mass is 16.2. The van der Waals surface area contributed by atoms with Gasteiger partial charge in [-0.2, -0.15) is 15.0 Å². The van der Waals surface area contributed by atoms with Gasteiger partial charge in [-0.05, 0) is 11.1 Å². The van der Waals surface area contributed by atoms with Crippen molar-refractivity contribution in [3.63, 3.8) is 0 Å². The van der Waals surface area contributed by atoms with Crippen LogP contribution in [-0.2, 0) is 6.54 Å². The number of urea groups is 1. The number of benzene rings is 2. The molecule has 122 valence electrons. The first-order valence-corrected chi connectivity index (χ1v) is 7.81. The zero-order chi connectivity index (χ0) is 16.6. The summed E-state index contributed by atoms with van der Waals surface area (Å²) in [6.07, 6.45) is 3.22. The Hall–Kier alpha value is -3.15. The van der Waals surface area contributed by atoms with Crippen LogP contribution in [0.5, 0.6) is 0 Å². The Kier molecular flexibility index (Phi) is 5.19. The average Bonchev–Trinajstić information content (AvgIpc) is 3.15. The minimum atomic E-state index is -0.222. The molecule has 3 rings (SSSR count). The largest absolute Gasteiger partial charge is 0.336 e. The predicted octanol–water partition coefficient (Wildman–Crippen LogP) is 2.37. The molecular formula is C18H19N5O. The van der Waals surface area contributed by atoms with Gasteiger partial charge < -0.3 is 10.6 Å². The fraction of sp³-hybridized carbons (Fsp3) is 0.167. The minimum absolute atomic E-state index is 0.199. The van der Waals surface area contributed by atoms with Crippen molar-refractivity contribution in [2.45, 2.75) is 12.6 Å². The van der Waals surface area contributed by atoms with Gasteiger partial charge in [0, 0.05) is 6.54 Å². The van der Waals surface area contributed by atoms with Crippen LogP contribution >= 0.6 is 0 Å². The lowest BCUT2D eigenvalue weighted by molar-refractivity contribution is 0.238. The molecule has 0 radical (unpaired) electrons. The number of carbonyl (C=O) groups excluding carboxylic acids is 1. The van der Waals surface area contributed by atoms with E-state index in [9.17, 15) is 4.79 Å². The maximum atomic E-state index is 12.3. The van der Waals surface area contributed by atoms with Gasteiger partial charge in [-0.1, -0.05) is 60.7 Å². The van der Waals surface area contributed by atoms with Crippen molar-refractivity contribution in [2.24, 2.45) is 0 Å². The molecule has 0 spiro atoms. The first-order chi connectivity index (χ1) is 11.8. The second kappa shape index (κ2) is 7.92. The van der Waals surface area contributed by atoms with Crippen LogP contribution in [0.2, 0.25) is 0 Å². The third kappa shape index (κ3) is 4.19. The van der Waals surface area contributed by atoms with E-state index in [0.717, 1.165) is 11.1 Å². The van der Waals surface area contributed by atoms with E-state index in [-0.39, 0.29) is 12.1 Å². The molecule has 2 aromatic carbocycles. The highest BCUT2D eigenvalue weighted by molar-refractivity contribution is 5.75. The number of nitrogens with one attached hydrogen (secondary N) is 2. The monoisotopic (exact) mass is 321 g/mol. The van der Waals surface area contributed by atoms with Gasteiger partial charge in [-0.3, -0.25) is 0 Å². The smallest absolute Gasteiger partial charge is 0.315 e. The summed E-state index contributed by atoms with van der Waals surface area (Å²) in [6, 6.07) is 19.4. The molecule has 3 aromatic rings. The molecule has 0 fully saturated rings. The van der Waals surface area contributed by atoms with E-state index in [1.54, 1.807) is 12.4 Å². The third-order valence-corrected chi connectivity index (χ3v) is 3.61. The third-order valence-electron chi connectivity index (χ3n) is 3.61. The number of hydrogen-bond acceptors (Lipinski definition) is 3. The van der Waals surface area contributed by atoms with Gasteiger partial charge in [0.2, 0.25) is 0 Å². The lowest BCUT2D eigenvalue weighted by atomic mass is 9.99. The Morgan fingerprint density at radius 3 is 2.00 bits per heavy atom. The zero-order valence-electron chi connectivity index (χ0n) is 13.2. The molecule has 6 heteroatoms. The molecule has 24 heavy (non-hydrogen) atoms. The zero-order valence-corrected chi connectivity index (χ0v) is 13.2. The van der Waals surface area contributed by atoms with Crippen LogP contribution in [-0.4, -0.2) is 27.6 Å². The summed E-state index contributed by atoms with van der Waals surface area (Å²) >= 11 is 0. The number of hydrogen-bond donors (Lipinski definition) is 2. The van der Waals surface area contributed by atoms with Gasteiger partial charge in [0.15, 0.2) is 0 Å². The second-order valence-electron chi connectivity index (χ2n) is 5.28. The minimum Gasteiger partial charge on any atom is -0.336 e. The molecule has 0 atom stereocenters. The van der Waals surface area contributed by atoms with Crippen molar-refractivity contribution in [3.05, 3.63) is 84.2 Å². The van der Waals surface area contributed by atoms with Gasteiger partial charge in [-0.25, -0.2) is 4.79 Å². The number of rotatable bonds is 6. The Morgan fingerprint density at radius 2 is 1.46 bits per heavy atom. The van der Waals surface area contributed by atoms with E-state index >= 15 is 0 Å². The van der Waals surface area contributed by atoms with Crippen LogP contribution in [0.15, 0.2) is 73.1 Å². The van der Waals surface area contributed by atoms with Crippen molar-refractivity contribution >= 4 is 6.03 Å². The molecule has 2 amide bonds. The summed E-state index contributed by atoms with van der Waals surface area (Å²) in [5.41, 5.74) is 2.07. The molecule has 1 aromatic heterocycles. The van der Waals surface area contributed by atoms with Crippen molar-refractivity contribution < 1.29 is 4.79 Å². The second-order valence-corrected chi connectivity index (χ2v) is 5.28. The summed E-state index contributed by atoms with van der Waals surface area (Å²) in [5.74, 6) is 0. The first kappa shape index (κ1) is 15.7. The summed E-state index contributed by atoms with van der Waals surface area (Å²) in [6.45, 7) is 0.985. The van der Waals surface area contributed by atoms with E-state index in [0.29, 0.717) is 13.1 Å². The maximum Gasteiger partial charge on any atom is 0.315 e. The predicted molar refractivity (Wildman–Crippen MR) is 91.3 cm³/mol. The molecular weight excluding hydrogens is 302 g/mol. The molecule has 0 saturated heterocycles. The fourth-order valence-corrected chi connectivity index (χ4v) is 2.46. The fourth-order valence-electron chi connectivity index (χ4n) is 2.46. The van der Waals surface area contributed by atoms with Crippen molar-refractivity contribution in [1.29, 1.82) is 0 Å². The van der Waals surface area contributed by atoms with E-state index in [4.69, 9.17) is 0 Å². The molecule has 6 nitrogen and oxygen atoms in total. The first-order valence-electron chi connectivity index (χ1n) is 7.81. The number of nitrogens with zero attached hydrogens (tertiary/aromatic N) is 3. The van der Waals surface area contributed by atoms with Crippen molar-refractivity contribution in [3.8, 4) is 0 Å². The van der Waals surface area contributed by atoms with E-state index in [2.05, 4.69) is 20.8 Å². The Balaban J connectivity index is 1.64. The summed E-state index contributed by atoms with van der Waals surface area (Å²) in [5, 5.41) is 13.9. The van der Waals surface area contributed by atoms with Crippen LogP contribution < -0.4 is 10.6 Å². The summed E-state index contributed by atoms with van der Waals surface area (Å²) in [7, 11) is 0. The van der Waals surface area contributed by atoms with Crippen LogP contribution in [0.3, 0.4) is 0 Å². The Labute approximate surface area is 140 Å². The molecule has 1 heterocycles. The van der Waals surface area contributed by atoms with Crippen LogP contribution in [0.25, 0.3) is 0 Å². The van der Waals surface area contributed by atoms with E-state index < -0.39 is 0 Å². The molecule has 0 aliphatic carbocycles. The Morgan fingerprint density at radius 1 is 0.917 bits per heavy atom. The number of amides is 2. The summed E-state index contributed by atoms with van der Waals surface area (Å²) in [4.78, 5) is 13.8. The molecule has 0 aliphatic rings. The van der Waals surface area contributed by atoms with Crippen molar-refractivity contribution in [2.75, 3.05) is 6.54 Å². The number of aromatic nitrogens is 3. The molecule has 0 saturated carbocycles. The Bertz CT molecular complexity index is 704. The lowest BCUT2D eigenvalue weighted by Gasteiger charge is -2.20.